The second kappa shape index (κ2) is 7.61. The Hall–Kier alpha value is -4.12. The molecule has 1 N–H and O–H groups in total. The topological polar surface area (TPSA) is 59.9 Å². The number of aromatic nitrogens is 3. The molecule has 0 aliphatic heterocycles. The Balaban J connectivity index is 1.72. The van der Waals surface area contributed by atoms with Gasteiger partial charge >= 0.3 is 0 Å². The van der Waals surface area contributed by atoms with E-state index >= 15 is 0 Å². The van der Waals surface area contributed by atoms with Crippen LogP contribution in [-0.4, -0.2) is 21.6 Å². The number of fused-ring (bicyclic) bond motifs is 2. The van der Waals surface area contributed by atoms with E-state index in [4.69, 9.17) is 9.72 Å². The molecule has 31 heavy (non-hydrogen) atoms. The number of rotatable bonds is 4. The van der Waals surface area contributed by atoms with Gasteiger partial charge in [0.05, 0.1) is 23.7 Å². The summed E-state index contributed by atoms with van der Waals surface area (Å²) in [6.07, 6.45) is 3.92. The van der Waals surface area contributed by atoms with E-state index in [1.165, 1.54) is 0 Å². The third-order valence-corrected chi connectivity index (χ3v) is 5.47. The normalized spacial score (nSPS) is 11.5. The van der Waals surface area contributed by atoms with E-state index in [9.17, 15) is 4.79 Å². The molecule has 0 saturated heterocycles. The molecule has 0 bridgehead atoms. The highest BCUT2D eigenvalue weighted by Crippen LogP contribution is 2.24. The maximum Gasteiger partial charge on any atom is 0.266 e. The van der Waals surface area contributed by atoms with Crippen molar-refractivity contribution >= 4 is 34.0 Å². The van der Waals surface area contributed by atoms with E-state index in [0.29, 0.717) is 16.7 Å². The van der Waals surface area contributed by atoms with Gasteiger partial charge < -0.3 is 9.72 Å². The van der Waals surface area contributed by atoms with Crippen LogP contribution in [0.15, 0.2) is 77.6 Å². The first-order valence-electron chi connectivity index (χ1n) is 10.1. The molecule has 0 amide bonds. The third kappa shape index (κ3) is 3.30. The van der Waals surface area contributed by atoms with Gasteiger partial charge in [0, 0.05) is 22.2 Å². The molecule has 5 heteroatoms. The zero-order chi connectivity index (χ0) is 21.4. The van der Waals surface area contributed by atoms with Gasteiger partial charge in [-0.05, 0) is 61.5 Å². The second-order valence-corrected chi connectivity index (χ2v) is 7.37. The minimum Gasteiger partial charge on any atom is -0.497 e. The molecule has 152 valence electrons. The summed E-state index contributed by atoms with van der Waals surface area (Å²) in [5.41, 5.74) is 4.53. The maximum atomic E-state index is 13.4. The van der Waals surface area contributed by atoms with E-state index < -0.39 is 0 Å². The summed E-state index contributed by atoms with van der Waals surface area (Å²) in [5.74, 6) is 1.30. The van der Waals surface area contributed by atoms with Gasteiger partial charge in [0.1, 0.15) is 11.6 Å². The van der Waals surface area contributed by atoms with Crippen molar-refractivity contribution in [3.63, 3.8) is 0 Å². The molecule has 2 aromatic heterocycles. The van der Waals surface area contributed by atoms with E-state index in [1.807, 2.05) is 79.7 Å². The van der Waals surface area contributed by atoms with Crippen LogP contribution in [0.5, 0.6) is 5.75 Å². The van der Waals surface area contributed by atoms with E-state index in [-0.39, 0.29) is 5.56 Å². The zero-order valence-corrected chi connectivity index (χ0v) is 17.3. The molecule has 5 aromatic rings. The minimum absolute atomic E-state index is 0.105. The van der Waals surface area contributed by atoms with Crippen LogP contribution in [-0.2, 0) is 0 Å². The van der Waals surface area contributed by atoms with Gasteiger partial charge in [-0.25, -0.2) is 4.98 Å². The van der Waals surface area contributed by atoms with Crippen molar-refractivity contribution in [3.8, 4) is 11.4 Å². The molecule has 5 rings (SSSR count). The highest BCUT2D eigenvalue weighted by Gasteiger charge is 2.12. The SMILES string of the molecule is COc1ccc(-n2c(/C=C/c3c(C)[nH]c4ccccc34)nc3ccccc3c2=O)cc1. The van der Waals surface area contributed by atoms with Crippen molar-refractivity contribution in [1.82, 2.24) is 14.5 Å². The summed E-state index contributed by atoms with van der Waals surface area (Å²) in [6.45, 7) is 2.05. The second-order valence-electron chi connectivity index (χ2n) is 7.37. The van der Waals surface area contributed by atoms with Crippen LogP contribution < -0.4 is 10.3 Å². The molecule has 0 aliphatic rings. The number of ether oxygens (including phenoxy) is 1. The number of nitrogens with one attached hydrogen (secondary N) is 1. The summed E-state index contributed by atoms with van der Waals surface area (Å²) in [4.78, 5) is 21.6. The first-order valence-corrected chi connectivity index (χ1v) is 10.1. The van der Waals surface area contributed by atoms with Crippen molar-refractivity contribution in [2.75, 3.05) is 7.11 Å². The molecule has 0 spiro atoms. The average molecular weight is 407 g/mol. The number of aryl methyl sites for hydroxylation is 1. The lowest BCUT2D eigenvalue weighted by Crippen LogP contribution is -2.22. The smallest absolute Gasteiger partial charge is 0.266 e. The van der Waals surface area contributed by atoms with Gasteiger partial charge in [-0.2, -0.15) is 0 Å². The summed E-state index contributed by atoms with van der Waals surface area (Å²) >= 11 is 0. The summed E-state index contributed by atoms with van der Waals surface area (Å²) in [5, 5.41) is 1.72. The highest BCUT2D eigenvalue weighted by atomic mass is 16.5. The predicted molar refractivity (Wildman–Crippen MR) is 126 cm³/mol. The van der Waals surface area contributed by atoms with Gasteiger partial charge in [-0.1, -0.05) is 30.3 Å². The molecular weight excluding hydrogens is 386 g/mol. The Morgan fingerprint density at radius 3 is 2.39 bits per heavy atom. The van der Waals surface area contributed by atoms with Gasteiger partial charge in [-0.15, -0.1) is 0 Å². The van der Waals surface area contributed by atoms with Gasteiger partial charge in [-0.3, -0.25) is 9.36 Å². The highest BCUT2D eigenvalue weighted by molar-refractivity contribution is 5.93. The lowest BCUT2D eigenvalue weighted by atomic mass is 10.1. The van der Waals surface area contributed by atoms with Crippen molar-refractivity contribution in [1.29, 1.82) is 0 Å². The van der Waals surface area contributed by atoms with Gasteiger partial charge in [0.25, 0.3) is 5.56 Å². The van der Waals surface area contributed by atoms with Crippen LogP contribution in [0.2, 0.25) is 0 Å². The molecule has 5 nitrogen and oxygen atoms in total. The number of hydrogen-bond donors (Lipinski definition) is 1. The number of hydrogen-bond acceptors (Lipinski definition) is 3. The molecular formula is C26H21N3O2. The molecule has 0 saturated carbocycles. The predicted octanol–water partition coefficient (Wildman–Crippen LogP) is 5.35. The number of nitrogens with zero attached hydrogens (tertiary/aromatic N) is 2. The molecule has 0 radical (unpaired) electrons. The Morgan fingerprint density at radius 2 is 1.61 bits per heavy atom. The zero-order valence-electron chi connectivity index (χ0n) is 17.3. The lowest BCUT2D eigenvalue weighted by molar-refractivity contribution is 0.414. The summed E-state index contributed by atoms with van der Waals surface area (Å²) < 4.78 is 6.91. The van der Waals surface area contributed by atoms with Crippen molar-refractivity contribution in [2.45, 2.75) is 6.92 Å². The Morgan fingerprint density at radius 1 is 0.903 bits per heavy atom. The van der Waals surface area contributed by atoms with Crippen LogP contribution >= 0.6 is 0 Å². The van der Waals surface area contributed by atoms with E-state index in [2.05, 4.69) is 17.1 Å². The largest absolute Gasteiger partial charge is 0.497 e. The Bertz CT molecular complexity index is 1490. The van der Waals surface area contributed by atoms with Gasteiger partial charge in [0.15, 0.2) is 0 Å². The maximum absolute atomic E-state index is 13.4. The Kier molecular flexibility index (Phi) is 4.64. The molecule has 0 aliphatic carbocycles. The number of para-hydroxylation sites is 2. The van der Waals surface area contributed by atoms with E-state index in [1.54, 1.807) is 11.7 Å². The van der Waals surface area contributed by atoms with Crippen LogP contribution in [0.25, 0.3) is 39.6 Å². The fourth-order valence-electron chi connectivity index (χ4n) is 3.91. The van der Waals surface area contributed by atoms with Crippen LogP contribution in [0.1, 0.15) is 17.1 Å². The lowest BCUT2D eigenvalue weighted by Gasteiger charge is -2.12. The standard InChI is InChI=1S/C26H21N3O2/c1-17-20(21-7-3-5-9-23(21)27-17)15-16-25-28-24-10-6-4-8-22(24)26(30)29(25)18-11-13-19(31-2)14-12-18/h3-16,27H,1-2H3/b16-15+. The van der Waals surface area contributed by atoms with Crippen LogP contribution in [0, 0.1) is 6.92 Å². The molecule has 2 heterocycles. The van der Waals surface area contributed by atoms with E-state index in [0.717, 1.165) is 33.6 Å². The monoisotopic (exact) mass is 407 g/mol. The first kappa shape index (κ1) is 18.9. The minimum atomic E-state index is -0.105. The number of methoxy groups -OCH3 is 1. The number of benzene rings is 3. The third-order valence-electron chi connectivity index (χ3n) is 5.47. The average Bonchev–Trinajstić information content (AvgIpc) is 3.13. The summed E-state index contributed by atoms with van der Waals surface area (Å²) in [6, 6.07) is 23.0. The molecule has 0 atom stereocenters. The van der Waals surface area contributed by atoms with Gasteiger partial charge in [0.2, 0.25) is 0 Å². The van der Waals surface area contributed by atoms with Crippen LogP contribution in [0.3, 0.4) is 0 Å². The van der Waals surface area contributed by atoms with Crippen molar-refractivity contribution in [2.24, 2.45) is 0 Å². The first-order chi connectivity index (χ1) is 15.2. The fourth-order valence-corrected chi connectivity index (χ4v) is 3.91. The van der Waals surface area contributed by atoms with Crippen LogP contribution in [0.4, 0.5) is 0 Å². The quantitative estimate of drug-likeness (QED) is 0.437. The molecule has 3 aromatic carbocycles. The van der Waals surface area contributed by atoms with Crippen molar-refractivity contribution < 1.29 is 4.74 Å². The number of aromatic amines is 1. The molecule has 0 unspecified atom stereocenters. The fraction of sp³-hybridized carbons (Fsp3) is 0.0769. The Labute approximate surface area is 179 Å². The summed E-state index contributed by atoms with van der Waals surface area (Å²) in [7, 11) is 1.62. The molecule has 0 fully saturated rings. The van der Waals surface area contributed by atoms with Crippen molar-refractivity contribution in [3.05, 3.63) is 100 Å². The number of H-pyrrole nitrogens is 1.